The van der Waals surface area contributed by atoms with E-state index in [1.54, 1.807) is 0 Å². The van der Waals surface area contributed by atoms with Crippen LogP contribution in [0.15, 0.2) is 22.7 Å². The van der Waals surface area contributed by atoms with Gasteiger partial charge in [-0.2, -0.15) is 5.10 Å². The number of benzene rings is 1. The number of hydrogen-bond donors (Lipinski definition) is 1. The van der Waals surface area contributed by atoms with Crippen LogP contribution in [0.25, 0.3) is 5.69 Å². The van der Waals surface area contributed by atoms with Crippen molar-refractivity contribution in [2.24, 2.45) is 0 Å². The molecule has 0 aliphatic rings. The van der Waals surface area contributed by atoms with E-state index in [4.69, 9.17) is 0 Å². The summed E-state index contributed by atoms with van der Waals surface area (Å²) in [4.78, 5) is 0. The predicted octanol–water partition coefficient (Wildman–Crippen LogP) is 4.23. The highest BCUT2D eigenvalue weighted by atomic mass is 79.9. The van der Waals surface area contributed by atoms with E-state index in [0.29, 0.717) is 6.04 Å². The van der Waals surface area contributed by atoms with E-state index in [2.05, 4.69) is 72.2 Å². The lowest BCUT2D eigenvalue weighted by molar-refractivity contribution is 0.597. The number of hydrogen-bond acceptors (Lipinski definition) is 2. The summed E-state index contributed by atoms with van der Waals surface area (Å²) in [7, 11) is 0. The number of aromatic nitrogens is 2. The van der Waals surface area contributed by atoms with Gasteiger partial charge in [-0.1, -0.05) is 13.0 Å². The summed E-state index contributed by atoms with van der Waals surface area (Å²) in [5.41, 5.74) is 5.89. The summed E-state index contributed by atoms with van der Waals surface area (Å²) in [6.07, 6.45) is 0. The van der Waals surface area contributed by atoms with Crippen LogP contribution in [0.2, 0.25) is 0 Å². The third kappa shape index (κ3) is 2.81. The predicted molar refractivity (Wildman–Crippen MR) is 87.6 cm³/mol. The van der Waals surface area contributed by atoms with Gasteiger partial charge in [0.25, 0.3) is 0 Å². The van der Waals surface area contributed by atoms with Gasteiger partial charge in [0.15, 0.2) is 0 Å². The Morgan fingerprint density at radius 3 is 2.50 bits per heavy atom. The molecule has 0 radical (unpaired) electrons. The standard InChI is InChI=1S/C16H22BrN3/c1-6-18-12(4)14-7-8-16(15(17)9-14)20-13(5)10(2)11(3)19-20/h7-9,12,18H,6H2,1-5H3. The van der Waals surface area contributed by atoms with Gasteiger partial charge in [0.1, 0.15) is 0 Å². The second kappa shape index (κ2) is 6.10. The maximum absolute atomic E-state index is 4.62. The van der Waals surface area contributed by atoms with Crippen LogP contribution in [0.5, 0.6) is 0 Å². The largest absolute Gasteiger partial charge is 0.310 e. The fourth-order valence-electron chi connectivity index (χ4n) is 2.34. The van der Waals surface area contributed by atoms with Crippen molar-refractivity contribution in [1.82, 2.24) is 15.1 Å². The van der Waals surface area contributed by atoms with Gasteiger partial charge in [-0.05, 0) is 73.4 Å². The maximum Gasteiger partial charge on any atom is 0.0791 e. The maximum atomic E-state index is 4.62. The number of rotatable bonds is 4. The van der Waals surface area contributed by atoms with Gasteiger partial charge >= 0.3 is 0 Å². The lowest BCUT2D eigenvalue weighted by atomic mass is 10.1. The molecule has 1 aromatic carbocycles. The molecule has 2 rings (SSSR count). The zero-order valence-electron chi connectivity index (χ0n) is 12.8. The molecule has 2 aromatic rings. The lowest BCUT2D eigenvalue weighted by Gasteiger charge is -2.15. The van der Waals surface area contributed by atoms with Gasteiger partial charge in [0, 0.05) is 16.2 Å². The van der Waals surface area contributed by atoms with Crippen LogP contribution >= 0.6 is 15.9 Å². The minimum atomic E-state index is 0.354. The third-order valence-electron chi connectivity index (χ3n) is 3.86. The smallest absolute Gasteiger partial charge is 0.0791 e. The number of nitrogens with zero attached hydrogens (tertiary/aromatic N) is 2. The fourth-order valence-corrected chi connectivity index (χ4v) is 2.91. The van der Waals surface area contributed by atoms with E-state index in [1.807, 2.05) is 11.6 Å². The molecule has 1 atom stereocenters. The van der Waals surface area contributed by atoms with Crippen LogP contribution in [0.4, 0.5) is 0 Å². The fraction of sp³-hybridized carbons (Fsp3) is 0.438. The molecule has 0 amide bonds. The van der Waals surface area contributed by atoms with Crippen molar-refractivity contribution in [3.05, 3.63) is 45.2 Å². The van der Waals surface area contributed by atoms with Crippen molar-refractivity contribution in [3.63, 3.8) is 0 Å². The summed E-state index contributed by atoms with van der Waals surface area (Å²) < 4.78 is 3.08. The molecule has 0 aliphatic heterocycles. The Morgan fingerprint density at radius 2 is 2.00 bits per heavy atom. The Hall–Kier alpha value is -1.13. The Morgan fingerprint density at radius 1 is 1.30 bits per heavy atom. The summed E-state index contributed by atoms with van der Waals surface area (Å²) >= 11 is 3.68. The van der Waals surface area contributed by atoms with Gasteiger partial charge in [0.2, 0.25) is 0 Å². The van der Waals surface area contributed by atoms with Crippen LogP contribution in [-0.4, -0.2) is 16.3 Å². The van der Waals surface area contributed by atoms with Crippen LogP contribution < -0.4 is 5.32 Å². The first-order valence-corrected chi connectivity index (χ1v) is 7.81. The second-order valence-corrected chi connectivity index (χ2v) is 6.05. The molecule has 0 saturated carbocycles. The quantitative estimate of drug-likeness (QED) is 0.905. The number of halogens is 1. The van der Waals surface area contributed by atoms with E-state index < -0.39 is 0 Å². The number of nitrogens with one attached hydrogen (secondary N) is 1. The van der Waals surface area contributed by atoms with Gasteiger partial charge < -0.3 is 5.32 Å². The first kappa shape index (κ1) is 15.3. The zero-order chi connectivity index (χ0) is 14.9. The highest BCUT2D eigenvalue weighted by Crippen LogP contribution is 2.27. The van der Waals surface area contributed by atoms with Gasteiger partial charge in [-0.15, -0.1) is 0 Å². The molecule has 0 bridgehead atoms. The normalized spacial score (nSPS) is 12.7. The minimum Gasteiger partial charge on any atom is -0.310 e. The topological polar surface area (TPSA) is 29.9 Å². The Kier molecular flexibility index (Phi) is 4.66. The average molecular weight is 336 g/mol. The summed E-state index contributed by atoms with van der Waals surface area (Å²) in [6, 6.07) is 6.83. The first-order valence-electron chi connectivity index (χ1n) is 7.01. The highest BCUT2D eigenvalue weighted by Gasteiger charge is 2.13. The second-order valence-electron chi connectivity index (χ2n) is 5.20. The average Bonchev–Trinajstić information content (AvgIpc) is 2.66. The van der Waals surface area contributed by atoms with Crippen LogP contribution in [-0.2, 0) is 0 Å². The first-order chi connectivity index (χ1) is 9.45. The van der Waals surface area contributed by atoms with Crippen molar-refractivity contribution < 1.29 is 0 Å². The summed E-state index contributed by atoms with van der Waals surface area (Å²) in [5, 5.41) is 8.05. The third-order valence-corrected chi connectivity index (χ3v) is 4.50. The molecule has 0 saturated heterocycles. The summed E-state index contributed by atoms with van der Waals surface area (Å²) in [6.45, 7) is 11.5. The molecule has 3 nitrogen and oxygen atoms in total. The molecule has 1 N–H and O–H groups in total. The molecule has 1 unspecified atom stereocenters. The Bertz CT molecular complexity index is 616. The van der Waals surface area contributed by atoms with Crippen molar-refractivity contribution in [1.29, 1.82) is 0 Å². The highest BCUT2D eigenvalue weighted by molar-refractivity contribution is 9.10. The molecule has 4 heteroatoms. The molecule has 20 heavy (non-hydrogen) atoms. The van der Waals surface area contributed by atoms with E-state index >= 15 is 0 Å². The molecule has 0 spiro atoms. The van der Waals surface area contributed by atoms with E-state index in [0.717, 1.165) is 22.4 Å². The van der Waals surface area contributed by atoms with E-state index in [-0.39, 0.29) is 0 Å². The van der Waals surface area contributed by atoms with Gasteiger partial charge in [-0.25, -0.2) is 4.68 Å². The Balaban J connectivity index is 2.41. The molecule has 0 fully saturated rings. The zero-order valence-corrected chi connectivity index (χ0v) is 14.4. The SMILES string of the molecule is CCNC(C)c1ccc(-n2nc(C)c(C)c2C)c(Br)c1. The monoisotopic (exact) mass is 335 g/mol. The van der Waals surface area contributed by atoms with Crippen LogP contribution in [0.3, 0.4) is 0 Å². The summed E-state index contributed by atoms with van der Waals surface area (Å²) in [5.74, 6) is 0. The molecule has 108 valence electrons. The lowest BCUT2D eigenvalue weighted by Crippen LogP contribution is -2.17. The molecule has 1 aromatic heterocycles. The molecular formula is C16H22BrN3. The van der Waals surface area contributed by atoms with E-state index in [1.165, 1.54) is 16.8 Å². The van der Waals surface area contributed by atoms with Crippen molar-refractivity contribution in [2.45, 2.75) is 40.7 Å². The van der Waals surface area contributed by atoms with Crippen molar-refractivity contribution >= 4 is 15.9 Å². The van der Waals surface area contributed by atoms with E-state index in [9.17, 15) is 0 Å². The van der Waals surface area contributed by atoms with Crippen molar-refractivity contribution in [2.75, 3.05) is 6.54 Å². The molecule has 0 aliphatic carbocycles. The van der Waals surface area contributed by atoms with Crippen molar-refractivity contribution in [3.8, 4) is 5.69 Å². The van der Waals surface area contributed by atoms with Gasteiger partial charge in [0.05, 0.1) is 11.4 Å². The van der Waals surface area contributed by atoms with Crippen LogP contribution in [0.1, 0.15) is 42.4 Å². The minimum absolute atomic E-state index is 0.354. The molecule has 1 heterocycles. The Labute approximate surface area is 129 Å². The van der Waals surface area contributed by atoms with Gasteiger partial charge in [-0.3, -0.25) is 0 Å². The molecular weight excluding hydrogens is 314 g/mol. The number of aryl methyl sites for hydroxylation is 1. The van der Waals surface area contributed by atoms with Crippen LogP contribution in [0, 0.1) is 20.8 Å².